The number of nitrogens with one attached hydrogen (secondary N) is 2. The number of aromatic nitrogens is 4. The Morgan fingerprint density at radius 1 is 1.15 bits per heavy atom. The molecule has 0 aromatic carbocycles. The van der Waals surface area contributed by atoms with E-state index < -0.39 is 22.9 Å². The quantitative estimate of drug-likeness (QED) is 0.349. The summed E-state index contributed by atoms with van der Waals surface area (Å²) in [5, 5.41) is 5.16. The zero-order chi connectivity index (χ0) is 27.8. The molecule has 0 bridgehead atoms. The van der Waals surface area contributed by atoms with Gasteiger partial charge in [-0.05, 0) is 49.3 Å². The summed E-state index contributed by atoms with van der Waals surface area (Å²) in [6, 6.07) is 3.93. The lowest BCUT2D eigenvalue weighted by Gasteiger charge is -2.49. The van der Waals surface area contributed by atoms with E-state index in [4.69, 9.17) is 14.5 Å². The highest BCUT2D eigenvalue weighted by Crippen LogP contribution is 2.39. The average molecular weight is 557 g/mol. The van der Waals surface area contributed by atoms with Crippen molar-refractivity contribution in [1.82, 2.24) is 19.9 Å². The molecule has 5 heterocycles. The van der Waals surface area contributed by atoms with E-state index in [0.29, 0.717) is 30.5 Å². The van der Waals surface area contributed by atoms with Crippen LogP contribution in [0.1, 0.15) is 45.6 Å². The first-order valence-electron chi connectivity index (χ1n) is 13.4. The van der Waals surface area contributed by atoms with E-state index in [1.165, 1.54) is 0 Å². The molecule has 2 fully saturated rings. The number of methoxy groups -OCH3 is 1. The monoisotopic (exact) mass is 556 g/mol. The molecule has 210 valence electrons. The van der Waals surface area contributed by atoms with E-state index in [1.54, 1.807) is 19.4 Å². The second-order valence-corrected chi connectivity index (χ2v) is 12.3. The Kier molecular flexibility index (Phi) is 7.86. The minimum atomic E-state index is -1.96. The molecule has 0 radical (unpaired) electrons. The minimum Gasteiger partial charge on any atom is -0.378 e. The topological polar surface area (TPSA) is 120 Å². The fraction of sp³-hybridized carbons (Fsp3) is 0.556. The van der Waals surface area contributed by atoms with Crippen LogP contribution in [0.3, 0.4) is 0 Å². The molecule has 3 aromatic heterocycles. The first kappa shape index (κ1) is 27.4. The molecule has 5 rings (SSSR count). The Morgan fingerprint density at radius 2 is 1.95 bits per heavy atom. The van der Waals surface area contributed by atoms with Gasteiger partial charge >= 0.3 is 0 Å². The van der Waals surface area contributed by atoms with Gasteiger partial charge in [-0.1, -0.05) is 13.8 Å². The van der Waals surface area contributed by atoms with Gasteiger partial charge in [0.1, 0.15) is 23.6 Å². The van der Waals surface area contributed by atoms with Crippen LogP contribution >= 0.6 is 0 Å². The van der Waals surface area contributed by atoms with Crippen LogP contribution in [0.2, 0.25) is 0 Å². The van der Waals surface area contributed by atoms with Gasteiger partial charge < -0.3 is 19.9 Å². The lowest BCUT2D eigenvalue weighted by molar-refractivity contribution is 0.0194. The zero-order valence-electron chi connectivity index (χ0n) is 23.0. The van der Waals surface area contributed by atoms with Gasteiger partial charge in [-0.2, -0.15) is 4.98 Å². The summed E-state index contributed by atoms with van der Waals surface area (Å²) in [6.45, 7) is 9.81. The van der Waals surface area contributed by atoms with E-state index in [2.05, 4.69) is 45.9 Å². The van der Waals surface area contributed by atoms with E-state index in [9.17, 15) is 8.60 Å². The van der Waals surface area contributed by atoms with Gasteiger partial charge in [0.25, 0.3) is 0 Å². The molecule has 0 aliphatic carbocycles. The van der Waals surface area contributed by atoms with Crippen molar-refractivity contribution in [3.05, 3.63) is 36.3 Å². The van der Waals surface area contributed by atoms with E-state index in [1.807, 2.05) is 30.3 Å². The lowest BCUT2D eigenvalue weighted by atomic mass is 9.86. The molecule has 2 unspecified atom stereocenters. The van der Waals surface area contributed by atoms with Crippen molar-refractivity contribution in [3.8, 4) is 0 Å². The molecule has 2 aliphatic rings. The zero-order valence-corrected chi connectivity index (χ0v) is 23.9. The number of halogens is 1. The number of anilines is 4. The minimum absolute atomic E-state index is 0.139. The Bertz CT molecular complexity index is 1410. The molecule has 0 saturated carbocycles. The summed E-state index contributed by atoms with van der Waals surface area (Å²) < 4.78 is 39.1. The Morgan fingerprint density at radius 3 is 2.62 bits per heavy atom. The number of alkyl halides is 1. The highest BCUT2D eigenvalue weighted by atomic mass is 32.2. The first-order valence-corrected chi connectivity index (χ1v) is 14.8. The Hall–Kier alpha value is -3.12. The second kappa shape index (κ2) is 11.2. The summed E-state index contributed by atoms with van der Waals surface area (Å²) >= 11 is 0. The number of fused-ring (bicyclic) bond motifs is 1. The predicted octanol–water partition coefficient (Wildman–Crippen LogP) is 4.31. The summed E-state index contributed by atoms with van der Waals surface area (Å²) in [5.74, 6) is 3.00. The number of thiol groups is 1. The summed E-state index contributed by atoms with van der Waals surface area (Å²) in [4.78, 5) is 22.5. The summed E-state index contributed by atoms with van der Waals surface area (Å²) in [5.41, 5.74) is 1.12. The van der Waals surface area contributed by atoms with Gasteiger partial charge in [0.05, 0.1) is 12.6 Å². The number of piperidine rings is 1. The molecule has 10 nitrogen and oxygen atoms in total. The van der Waals surface area contributed by atoms with Crippen LogP contribution in [0.25, 0.3) is 10.8 Å². The fourth-order valence-corrected chi connectivity index (χ4v) is 6.27. The molecule has 0 amide bonds. The van der Waals surface area contributed by atoms with Crippen LogP contribution in [-0.4, -0.2) is 74.5 Å². The van der Waals surface area contributed by atoms with Crippen LogP contribution in [-0.2, 0) is 15.3 Å². The van der Waals surface area contributed by atoms with Crippen LogP contribution in [0, 0.1) is 10.7 Å². The van der Waals surface area contributed by atoms with Gasteiger partial charge in [0.15, 0.2) is 0 Å². The van der Waals surface area contributed by atoms with Gasteiger partial charge in [0.2, 0.25) is 5.95 Å². The number of rotatable bonds is 8. The highest BCUT2D eigenvalue weighted by molar-refractivity contribution is 7.74. The molecule has 39 heavy (non-hydrogen) atoms. The van der Waals surface area contributed by atoms with Crippen molar-refractivity contribution in [1.29, 1.82) is 4.78 Å². The normalized spacial score (nSPS) is 25.0. The Balaban J connectivity index is 1.40. The first-order chi connectivity index (χ1) is 18.7. The third-order valence-corrected chi connectivity index (χ3v) is 9.27. The molecule has 2 N–H and O–H groups in total. The molecule has 3 aromatic rings. The maximum Gasteiger partial charge on any atom is 0.227 e. The number of hydrogen-bond donors (Lipinski definition) is 3. The van der Waals surface area contributed by atoms with E-state index in [-0.39, 0.29) is 29.7 Å². The standard InChI is InChI=1S/C27H37FN8O2S/c1-15(2)19-11-32-26(36-13-21(16(36)3)17(4)39(29)37)20-12-31-25(10-18(19)20)33-24-6-8-30-27(34-24)35-9-7-23(38-5)22(28)14-35/h6,8,10-12,15-17,21-23,29,39H,7,9,13-14H2,1-5H3,(H,30,31,33,34)/t16-,17+,21?,22-,23+/m1/s1. The second-order valence-electron chi connectivity index (χ2n) is 10.8. The summed E-state index contributed by atoms with van der Waals surface area (Å²) in [7, 11) is -0.424. The molecule has 12 heteroatoms. The Labute approximate surface area is 230 Å². The predicted molar refractivity (Wildman–Crippen MR) is 153 cm³/mol. The van der Waals surface area contributed by atoms with Crippen molar-refractivity contribution in [2.75, 3.05) is 41.9 Å². The maximum absolute atomic E-state index is 14.4. The molecule has 2 aliphatic heterocycles. The number of hydrogen-bond acceptors (Lipinski definition) is 10. The van der Waals surface area contributed by atoms with E-state index in [0.717, 1.165) is 28.7 Å². The molecular formula is C27H37FN8O2S. The third kappa shape index (κ3) is 5.36. The van der Waals surface area contributed by atoms with Crippen LogP contribution < -0.4 is 15.1 Å². The van der Waals surface area contributed by atoms with E-state index >= 15 is 0 Å². The van der Waals surface area contributed by atoms with Gasteiger partial charge in [0, 0.05) is 72.0 Å². The number of nitrogens with zero attached hydrogens (tertiary/aromatic N) is 6. The molecule has 0 spiro atoms. The summed E-state index contributed by atoms with van der Waals surface area (Å²) in [6.07, 6.45) is 4.53. The SMILES string of the molecule is CO[C@H]1CCN(c2nccc(Nc3cc4c(C(C)C)cnc(N5CC([C@H](C)[SH](=N)=O)[C@H]5C)c4cn3)n2)C[C@H]1F. The number of ether oxygens (including phenoxy) is 1. The van der Waals surface area contributed by atoms with Crippen molar-refractivity contribution in [3.63, 3.8) is 0 Å². The molecule has 2 saturated heterocycles. The third-order valence-electron chi connectivity index (χ3n) is 8.15. The van der Waals surface area contributed by atoms with Crippen LogP contribution in [0.5, 0.6) is 0 Å². The van der Waals surface area contributed by atoms with Crippen molar-refractivity contribution in [2.24, 2.45) is 5.92 Å². The van der Waals surface area contributed by atoms with Crippen molar-refractivity contribution >= 4 is 44.8 Å². The van der Waals surface area contributed by atoms with Crippen molar-refractivity contribution < 1.29 is 13.3 Å². The van der Waals surface area contributed by atoms with Crippen LogP contribution in [0.4, 0.5) is 27.8 Å². The van der Waals surface area contributed by atoms with Crippen molar-refractivity contribution in [2.45, 2.75) is 63.6 Å². The van der Waals surface area contributed by atoms with Gasteiger partial charge in [-0.3, -0.25) is 8.99 Å². The molecular weight excluding hydrogens is 519 g/mol. The number of pyridine rings is 2. The van der Waals surface area contributed by atoms with Gasteiger partial charge in [-0.25, -0.2) is 19.3 Å². The maximum atomic E-state index is 14.4. The lowest BCUT2D eigenvalue weighted by Crippen LogP contribution is -2.59. The van der Waals surface area contributed by atoms with Crippen LogP contribution in [0.15, 0.2) is 30.7 Å². The smallest absolute Gasteiger partial charge is 0.227 e. The van der Waals surface area contributed by atoms with Gasteiger partial charge in [-0.15, -0.1) is 0 Å². The average Bonchev–Trinajstić information content (AvgIpc) is 2.92. The largest absolute Gasteiger partial charge is 0.378 e. The molecule has 6 atom stereocenters. The highest BCUT2D eigenvalue weighted by Gasteiger charge is 2.41. The fourth-order valence-electron chi connectivity index (χ4n) is 5.58.